The quantitative estimate of drug-likeness (QED) is 0.470. The topological polar surface area (TPSA) is 57.4 Å². The van der Waals surface area contributed by atoms with Crippen molar-refractivity contribution in [2.45, 2.75) is 50.4 Å². The van der Waals surface area contributed by atoms with Gasteiger partial charge in [0, 0.05) is 17.1 Å². The molecule has 0 unspecified atom stereocenters. The summed E-state index contributed by atoms with van der Waals surface area (Å²) in [5.74, 6) is 1.27. The lowest BCUT2D eigenvalue weighted by atomic mass is 9.79. The maximum Gasteiger partial charge on any atom is 0.221 e. The van der Waals surface area contributed by atoms with Crippen LogP contribution < -0.4 is 15.2 Å². The molecule has 1 fully saturated rings. The van der Waals surface area contributed by atoms with Crippen LogP contribution in [-0.2, 0) is 6.61 Å². The van der Waals surface area contributed by atoms with E-state index in [1.165, 1.54) is 0 Å². The van der Waals surface area contributed by atoms with E-state index in [1.54, 1.807) is 6.20 Å². The molecule has 0 amide bonds. The van der Waals surface area contributed by atoms with Crippen LogP contribution in [0.4, 0.5) is 0 Å². The van der Waals surface area contributed by atoms with Crippen LogP contribution in [0.2, 0.25) is 5.02 Å². The highest BCUT2D eigenvalue weighted by molar-refractivity contribution is 6.33. The molecule has 156 valence electrons. The van der Waals surface area contributed by atoms with Crippen molar-refractivity contribution in [1.82, 2.24) is 4.98 Å². The summed E-state index contributed by atoms with van der Waals surface area (Å²) >= 11 is 6.57. The molecule has 0 aliphatic heterocycles. The Balaban J connectivity index is 1.48. The van der Waals surface area contributed by atoms with E-state index in [4.69, 9.17) is 26.8 Å². The molecule has 1 aromatic heterocycles. The average Bonchev–Trinajstić information content (AvgIpc) is 2.75. The number of halogens is 1. The number of hydrogen-bond donors (Lipinski definition) is 1. The number of pyridine rings is 1. The van der Waals surface area contributed by atoms with E-state index in [1.807, 2.05) is 54.6 Å². The summed E-state index contributed by atoms with van der Waals surface area (Å²) < 4.78 is 12.2. The van der Waals surface area contributed by atoms with Gasteiger partial charge in [0.1, 0.15) is 12.4 Å². The molecule has 1 heterocycles. The molecule has 0 bridgehead atoms. The zero-order valence-corrected chi connectivity index (χ0v) is 17.8. The molecular weight excluding hydrogens is 396 g/mol. The third kappa shape index (κ3) is 4.77. The van der Waals surface area contributed by atoms with Gasteiger partial charge < -0.3 is 15.2 Å². The molecule has 2 N–H and O–H groups in total. The van der Waals surface area contributed by atoms with Crippen LogP contribution in [-0.4, -0.2) is 16.6 Å². The summed E-state index contributed by atoms with van der Waals surface area (Å²) in [5, 5.41) is 2.43. The van der Waals surface area contributed by atoms with Crippen molar-refractivity contribution in [3.8, 4) is 11.6 Å². The SMILES string of the molecule is C=CCC1(N)CCC(Oc2cc3ccnc(OCc4ccccc4)c3cc2Cl)CC1. The molecule has 0 atom stereocenters. The van der Waals surface area contributed by atoms with Crippen molar-refractivity contribution in [3.63, 3.8) is 0 Å². The summed E-state index contributed by atoms with van der Waals surface area (Å²) in [7, 11) is 0. The molecule has 30 heavy (non-hydrogen) atoms. The first-order valence-electron chi connectivity index (χ1n) is 10.4. The van der Waals surface area contributed by atoms with Gasteiger partial charge in [-0.25, -0.2) is 4.98 Å². The Morgan fingerprint density at radius 2 is 1.93 bits per heavy atom. The van der Waals surface area contributed by atoms with E-state index in [9.17, 15) is 0 Å². The summed E-state index contributed by atoms with van der Waals surface area (Å²) in [4.78, 5) is 4.40. The molecule has 5 heteroatoms. The van der Waals surface area contributed by atoms with E-state index in [-0.39, 0.29) is 11.6 Å². The number of fused-ring (bicyclic) bond motifs is 1. The van der Waals surface area contributed by atoms with E-state index in [2.05, 4.69) is 11.6 Å². The van der Waals surface area contributed by atoms with Crippen LogP contribution in [0, 0.1) is 0 Å². The monoisotopic (exact) mass is 422 g/mol. The van der Waals surface area contributed by atoms with Crippen molar-refractivity contribution >= 4 is 22.4 Å². The predicted molar refractivity (Wildman–Crippen MR) is 122 cm³/mol. The number of rotatable bonds is 7. The Morgan fingerprint density at radius 3 is 2.67 bits per heavy atom. The Bertz CT molecular complexity index is 1010. The molecule has 1 aliphatic carbocycles. The Kier molecular flexibility index (Phi) is 6.26. The standard InChI is InChI=1S/C25H27ClN2O2/c1-2-11-25(27)12-8-20(9-13-25)30-23-15-19-10-14-28-24(21(19)16-22(23)26)29-17-18-6-4-3-5-7-18/h2-7,10,14-16,20H,1,8-9,11-13,17,27H2. The fourth-order valence-electron chi connectivity index (χ4n) is 4.03. The molecule has 0 radical (unpaired) electrons. The van der Waals surface area contributed by atoms with E-state index < -0.39 is 0 Å². The number of hydrogen-bond acceptors (Lipinski definition) is 4. The van der Waals surface area contributed by atoms with Crippen molar-refractivity contribution in [1.29, 1.82) is 0 Å². The van der Waals surface area contributed by atoms with Gasteiger partial charge in [0.25, 0.3) is 0 Å². The molecule has 0 saturated heterocycles. The number of benzene rings is 2. The van der Waals surface area contributed by atoms with Crippen LogP contribution in [0.15, 0.2) is 67.4 Å². The van der Waals surface area contributed by atoms with Gasteiger partial charge in [-0.1, -0.05) is 48.0 Å². The van der Waals surface area contributed by atoms with E-state index >= 15 is 0 Å². The fraction of sp³-hybridized carbons (Fsp3) is 0.320. The third-order valence-electron chi connectivity index (χ3n) is 5.77. The number of ether oxygens (including phenoxy) is 2. The van der Waals surface area contributed by atoms with Crippen molar-refractivity contribution in [3.05, 3.63) is 78.0 Å². The molecule has 1 saturated carbocycles. The molecule has 0 spiro atoms. The Hall–Kier alpha value is -2.56. The Labute approximate surface area is 182 Å². The summed E-state index contributed by atoms with van der Waals surface area (Å²) in [6.07, 6.45) is 8.31. The van der Waals surface area contributed by atoms with Crippen LogP contribution in [0.25, 0.3) is 10.8 Å². The van der Waals surface area contributed by atoms with Crippen LogP contribution in [0.1, 0.15) is 37.7 Å². The lowest BCUT2D eigenvalue weighted by Gasteiger charge is -2.36. The minimum absolute atomic E-state index is 0.122. The van der Waals surface area contributed by atoms with E-state index in [0.29, 0.717) is 23.3 Å². The highest BCUT2D eigenvalue weighted by Crippen LogP contribution is 2.37. The minimum Gasteiger partial charge on any atom is -0.489 e. The van der Waals surface area contributed by atoms with Crippen LogP contribution >= 0.6 is 11.6 Å². The highest BCUT2D eigenvalue weighted by Gasteiger charge is 2.31. The second kappa shape index (κ2) is 9.07. The van der Waals surface area contributed by atoms with Crippen molar-refractivity contribution in [2.24, 2.45) is 5.73 Å². The molecule has 4 rings (SSSR count). The summed E-state index contributed by atoms with van der Waals surface area (Å²) in [6.45, 7) is 4.28. The van der Waals surface area contributed by atoms with E-state index in [0.717, 1.165) is 48.4 Å². The summed E-state index contributed by atoms with van der Waals surface area (Å²) in [5.41, 5.74) is 7.39. The van der Waals surface area contributed by atoms with Gasteiger partial charge in [-0.05, 0) is 61.3 Å². The number of aromatic nitrogens is 1. The largest absolute Gasteiger partial charge is 0.489 e. The maximum atomic E-state index is 6.57. The highest BCUT2D eigenvalue weighted by atomic mass is 35.5. The van der Waals surface area contributed by atoms with Gasteiger partial charge in [-0.15, -0.1) is 6.58 Å². The minimum atomic E-state index is -0.147. The number of nitrogens with zero attached hydrogens (tertiary/aromatic N) is 1. The van der Waals surface area contributed by atoms with Gasteiger partial charge in [0.15, 0.2) is 0 Å². The average molecular weight is 423 g/mol. The molecule has 3 aromatic rings. The first-order valence-corrected chi connectivity index (χ1v) is 10.8. The van der Waals surface area contributed by atoms with Gasteiger partial charge >= 0.3 is 0 Å². The molecule has 2 aromatic carbocycles. The predicted octanol–water partition coefficient (Wildman–Crippen LogP) is 6.06. The maximum absolute atomic E-state index is 6.57. The second-order valence-electron chi connectivity index (χ2n) is 8.07. The van der Waals surface area contributed by atoms with Crippen LogP contribution in [0.3, 0.4) is 0 Å². The zero-order valence-electron chi connectivity index (χ0n) is 17.0. The van der Waals surface area contributed by atoms with Gasteiger partial charge in [0.2, 0.25) is 5.88 Å². The van der Waals surface area contributed by atoms with Gasteiger partial charge in [0.05, 0.1) is 11.1 Å². The van der Waals surface area contributed by atoms with Gasteiger partial charge in [-0.2, -0.15) is 0 Å². The zero-order chi connectivity index (χ0) is 21.0. The molecular formula is C25H27ClN2O2. The van der Waals surface area contributed by atoms with Crippen molar-refractivity contribution < 1.29 is 9.47 Å². The van der Waals surface area contributed by atoms with Crippen LogP contribution in [0.5, 0.6) is 11.6 Å². The first-order chi connectivity index (χ1) is 14.6. The lowest BCUT2D eigenvalue weighted by Crippen LogP contribution is -2.44. The van der Waals surface area contributed by atoms with Crippen molar-refractivity contribution in [2.75, 3.05) is 0 Å². The molecule has 1 aliphatic rings. The first kappa shape index (κ1) is 20.7. The summed E-state index contributed by atoms with van der Waals surface area (Å²) in [6, 6.07) is 15.8. The number of nitrogens with two attached hydrogens (primary N) is 1. The fourth-order valence-corrected chi connectivity index (χ4v) is 4.24. The molecule has 4 nitrogen and oxygen atoms in total. The Morgan fingerprint density at radius 1 is 1.17 bits per heavy atom. The normalized spacial score (nSPS) is 21.3. The second-order valence-corrected chi connectivity index (χ2v) is 8.47. The van der Waals surface area contributed by atoms with Gasteiger partial charge in [-0.3, -0.25) is 0 Å². The lowest BCUT2D eigenvalue weighted by molar-refractivity contribution is 0.119. The third-order valence-corrected chi connectivity index (χ3v) is 6.07. The smallest absolute Gasteiger partial charge is 0.221 e.